The fourth-order valence-electron chi connectivity index (χ4n) is 1.41. The summed E-state index contributed by atoms with van der Waals surface area (Å²) in [6.07, 6.45) is 2.68. The topological polar surface area (TPSA) is 59.0 Å². The van der Waals surface area contributed by atoms with Gasteiger partial charge in [-0.3, -0.25) is 4.79 Å². The maximum atomic E-state index is 11.7. The Morgan fingerprint density at radius 2 is 2.18 bits per heavy atom. The SMILES string of the molecule is CNCCNc1cnn(CCC(C)C)c(=O)c1. The molecule has 5 heteroatoms. The zero-order valence-electron chi connectivity index (χ0n) is 10.9. The van der Waals surface area contributed by atoms with Crippen molar-refractivity contribution in [3.05, 3.63) is 22.6 Å². The van der Waals surface area contributed by atoms with Crippen molar-refractivity contribution < 1.29 is 0 Å². The van der Waals surface area contributed by atoms with E-state index in [2.05, 4.69) is 29.6 Å². The lowest BCUT2D eigenvalue weighted by molar-refractivity contribution is 0.472. The number of nitrogens with one attached hydrogen (secondary N) is 2. The molecule has 0 saturated carbocycles. The molecule has 2 N–H and O–H groups in total. The van der Waals surface area contributed by atoms with Gasteiger partial charge in [0, 0.05) is 25.7 Å². The molecule has 96 valence electrons. The van der Waals surface area contributed by atoms with Gasteiger partial charge >= 0.3 is 0 Å². The Balaban J connectivity index is 2.56. The highest BCUT2D eigenvalue weighted by atomic mass is 16.1. The van der Waals surface area contributed by atoms with E-state index in [1.165, 1.54) is 4.68 Å². The highest BCUT2D eigenvalue weighted by Crippen LogP contribution is 2.02. The Kier molecular flexibility index (Phi) is 5.69. The number of aromatic nitrogens is 2. The smallest absolute Gasteiger partial charge is 0.268 e. The summed E-state index contributed by atoms with van der Waals surface area (Å²) in [5.41, 5.74) is 0.742. The van der Waals surface area contributed by atoms with Crippen LogP contribution in [-0.2, 0) is 6.54 Å². The Bertz CT molecular complexity index is 386. The quantitative estimate of drug-likeness (QED) is 0.694. The molecule has 1 aromatic rings. The minimum atomic E-state index is -0.0416. The first-order valence-corrected chi connectivity index (χ1v) is 6.09. The number of hydrogen-bond acceptors (Lipinski definition) is 4. The second kappa shape index (κ2) is 7.06. The van der Waals surface area contributed by atoms with Crippen molar-refractivity contribution in [2.45, 2.75) is 26.8 Å². The zero-order valence-corrected chi connectivity index (χ0v) is 10.9. The van der Waals surface area contributed by atoms with E-state index in [1.54, 1.807) is 12.3 Å². The number of likely N-dealkylation sites (N-methyl/N-ethyl adjacent to an activating group) is 1. The van der Waals surface area contributed by atoms with Gasteiger partial charge in [-0.25, -0.2) is 4.68 Å². The molecule has 0 aromatic carbocycles. The summed E-state index contributed by atoms with van der Waals surface area (Å²) in [6, 6.07) is 1.60. The maximum absolute atomic E-state index is 11.7. The van der Waals surface area contributed by atoms with E-state index in [9.17, 15) is 4.79 Å². The summed E-state index contributed by atoms with van der Waals surface area (Å²) >= 11 is 0. The van der Waals surface area contributed by atoms with Gasteiger partial charge in [0.05, 0.1) is 11.9 Å². The molecule has 0 atom stereocenters. The van der Waals surface area contributed by atoms with Gasteiger partial charge in [-0.2, -0.15) is 5.10 Å². The molecule has 0 aliphatic rings. The van der Waals surface area contributed by atoms with E-state index in [0.29, 0.717) is 12.5 Å². The fraction of sp³-hybridized carbons (Fsp3) is 0.667. The van der Waals surface area contributed by atoms with Crippen LogP contribution in [0.2, 0.25) is 0 Å². The van der Waals surface area contributed by atoms with Gasteiger partial charge in [0.25, 0.3) is 5.56 Å². The van der Waals surface area contributed by atoms with Crippen LogP contribution in [0.4, 0.5) is 5.69 Å². The third-order valence-corrected chi connectivity index (χ3v) is 2.49. The van der Waals surface area contributed by atoms with Crippen LogP contribution >= 0.6 is 0 Å². The normalized spacial score (nSPS) is 10.8. The van der Waals surface area contributed by atoms with E-state index >= 15 is 0 Å². The van der Waals surface area contributed by atoms with Gasteiger partial charge in [-0.15, -0.1) is 0 Å². The Labute approximate surface area is 102 Å². The second-order valence-corrected chi connectivity index (χ2v) is 4.52. The molecule has 0 aliphatic carbocycles. The highest BCUT2D eigenvalue weighted by molar-refractivity contribution is 5.38. The number of hydrogen-bond donors (Lipinski definition) is 2. The monoisotopic (exact) mass is 238 g/mol. The molecule has 0 aliphatic heterocycles. The first kappa shape index (κ1) is 13.7. The van der Waals surface area contributed by atoms with Crippen LogP contribution in [0.3, 0.4) is 0 Å². The van der Waals surface area contributed by atoms with Crippen LogP contribution in [0, 0.1) is 5.92 Å². The van der Waals surface area contributed by atoms with Gasteiger partial charge in [0.15, 0.2) is 0 Å². The average Bonchev–Trinajstić information content (AvgIpc) is 2.28. The summed E-state index contributed by atoms with van der Waals surface area (Å²) in [7, 11) is 1.89. The lowest BCUT2D eigenvalue weighted by Crippen LogP contribution is -2.24. The number of anilines is 1. The van der Waals surface area contributed by atoms with Crippen molar-refractivity contribution in [2.24, 2.45) is 5.92 Å². The fourth-order valence-corrected chi connectivity index (χ4v) is 1.41. The molecule has 17 heavy (non-hydrogen) atoms. The van der Waals surface area contributed by atoms with Crippen molar-refractivity contribution >= 4 is 5.69 Å². The van der Waals surface area contributed by atoms with Gasteiger partial charge in [0.2, 0.25) is 0 Å². The minimum absolute atomic E-state index is 0.0416. The largest absolute Gasteiger partial charge is 0.382 e. The summed E-state index contributed by atoms with van der Waals surface area (Å²) in [5, 5.41) is 10.3. The molecule has 0 amide bonds. The minimum Gasteiger partial charge on any atom is -0.382 e. The van der Waals surface area contributed by atoms with Gasteiger partial charge < -0.3 is 10.6 Å². The van der Waals surface area contributed by atoms with Crippen molar-refractivity contribution in [1.29, 1.82) is 0 Å². The van der Waals surface area contributed by atoms with E-state index in [1.807, 2.05) is 7.05 Å². The van der Waals surface area contributed by atoms with Crippen molar-refractivity contribution in [1.82, 2.24) is 15.1 Å². The predicted octanol–water partition coefficient (Wildman–Crippen LogP) is 0.921. The molecule has 1 rings (SSSR count). The van der Waals surface area contributed by atoms with Gasteiger partial charge in [0.1, 0.15) is 0 Å². The summed E-state index contributed by atoms with van der Waals surface area (Å²) in [6.45, 7) is 6.61. The van der Waals surface area contributed by atoms with Crippen LogP contribution in [0.25, 0.3) is 0 Å². The summed E-state index contributed by atoms with van der Waals surface area (Å²) < 4.78 is 1.52. The van der Waals surface area contributed by atoms with Crippen LogP contribution in [0.1, 0.15) is 20.3 Å². The van der Waals surface area contributed by atoms with Gasteiger partial charge in [-0.05, 0) is 19.4 Å². The predicted molar refractivity (Wildman–Crippen MR) is 70.4 cm³/mol. The Hall–Kier alpha value is -1.36. The summed E-state index contributed by atoms with van der Waals surface area (Å²) in [4.78, 5) is 11.7. The number of rotatable bonds is 7. The molecule has 1 aromatic heterocycles. The van der Waals surface area contributed by atoms with E-state index in [0.717, 1.165) is 25.2 Å². The second-order valence-electron chi connectivity index (χ2n) is 4.52. The highest BCUT2D eigenvalue weighted by Gasteiger charge is 2.01. The molecular weight excluding hydrogens is 216 g/mol. The Morgan fingerprint density at radius 1 is 1.41 bits per heavy atom. The average molecular weight is 238 g/mol. The third-order valence-electron chi connectivity index (χ3n) is 2.49. The van der Waals surface area contributed by atoms with Gasteiger partial charge in [-0.1, -0.05) is 13.8 Å². The molecule has 0 fully saturated rings. The number of aryl methyl sites for hydroxylation is 1. The van der Waals surface area contributed by atoms with Crippen molar-refractivity contribution in [3.8, 4) is 0 Å². The van der Waals surface area contributed by atoms with Crippen LogP contribution in [0.15, 0.2) is 17.1 Å². The van der Waals surface area contributed by atoms with Crippen LogP contribution in [-0.4, -0.2) is 29.9 Å². The molecule has 5 nitrogen and oxygen atoms in total. The summed E-state index contributed by atoms with van der Waals surface area (Å²) in [5.74, 6) is 0.581. The lowest BCUT2D eigenvalue weighted by Gasteiger charge is -2.09. The van der Waals surface area contributed by atoms with Crippen molar-refractivity contribution in [2.75, 3.05) is 25.5 Å². The molecular formula is C12H22N4O. The van der Waals surface area contributed by atoms with E-state index in [-0.39, 0.29) is 5.56 Å². The third kappa shape index (κ3) is 4.99. The molecule has 0 saturated heterocycles. The molecule has 0 bridgehead atoms. The molecule has 0 unspecified atom stereocenters. The van der Waals surface area contributed by atoms with Crippen LogP contribution < -0.4 is 16.2 Å². The zero-order chi connectivity index (χ0) is 12.7. The van der Waals surface area contributed by atoms with E-state index in [4.69, 9.17) is 0 Å². The Morgan fingerprint density at radius 3 is 2.76 bits per heavy atom. The number of nitrogens with zero attached hydrogens (tertiary/aromatic N) is 2. The van der Waals surface area contributed by atoms with E-state index < -0.39 is 0 Å². The lowest BCUT2D eigenvalue weighted by atomic mass is 10.1. The van der Waals surface area contributed by atoms with Crippen molar-refractivity contribution in [3.63, 3.8) is 0 Å². The van der Waals surface area contributed by atoms with Crippen LogP contribution in [0.5, 0.6) is 0 Å². The maximum Gasteiger partial charge on any atom is 0.268 e. The molecule has 1 heterocycles. The molecule has 0 spiro atoms. The first-order chi connectivity index (χ1) is 8.13. The molecule has 0 radical (unpaired) electrons. The standard InChI is InChI=1S/C12H22N4O/c1-10(2)4-7-16-12(17)8-11(9-15-16)14-6-5-13-3/h8-10,13-14H,4-7H2,1-3H3. The first-order valence-electron chi connectivity index (χ1n) is 6.09.